The standard InChI is InChI=1S/C28H23FN2O6S/c1-4-12-36-19-11-7-16(13-21(19)35-5-2)24-23(25(32)20-10-6-15(3)37-20)26(33)27(34)31(24)28-30-18-9-8-17(29)14-22(18)38-28/h4,6-11,13-14,24,33H,1,5,12H2,2-3H3. The zero-order valence-electron chi connectivity index (χ0n) is 20.6. The fourth-order valence-corrected chi connectivity index (χ4v) is 5.28. The molecule has 0 spiro atoms. The molecule has 1 aliphatic heterocycles. The van der Waals surface area contributed by atoms with Crippen LogP contribution in [0.1, 0.15) is 34.8 Å². The molecule has 1 unspecified atom stereocenters. The van der Waals surface area contributed by atoms with Crippen molar-refractivity contribution in [3.05, 3.63) is 95.4 Å². The normalized spacial score (nSPS) is 15.4. The van der Waals surface area contributed by atoms with Gasteiger partial charge in [0.05, 0.1) is 28.4 Å². The molecule has 2 aromatic carbocycles. The number of halogens is 1. The van der Waals surface area contributed by atoms with Crippen LogP contribution >= 0.6 is 11.3 Å². The largest absolute Gasteiger partial charge is 0.503 e. The topological polar surface area (TPSA) is 102 Å². The van der Waals surface area contributed by atoms with E-state index in [0.29, 0.717) is 39.6 Å². The minimum atomic E-state index is -1.07. The van der Waals surface area contributed by atoms with Crippen molar-refractivity contribution in [3.63, 3.8) is 0 Å². The van der Waals surface area contributed by atoms with Gasteiger partial charge in [0.1, 0.15) is 18.2 Å². The zero-order valence-corrected chi connectivity index (χ0v) is 21.4. The van der Waals surface area contributed by atoms with Crippen molar-refractivity contribution in [2.75, 3.05) is 18.1 Å². The molecule has 1 aliphatic rings. The third kappa shape index (κ3) is 4.43. The number of amides is 1. The Kier molecular flexibility index (Phi) is 6.73. The van der Waals surface area contributed by atoms with Crippen LogP contribution in [0.4, 0.5) is 9.52 Å². The molecule has 38 heavy (non-hydrogen) atoms. The van der Waals surface area contributed by atoms with Gasteiger partial charge in [0.25, 0.3) is 5.91 Å². The van der Waals surface area contributed by atoms with E-state index < -0.39 is 29.3 Å². The number of hydrogen-bond acceptors (Lipinski definition) is 8. The minimum absolute atomic E-state index is 0.0222. The van der Waals surface area contributed by atoms with Gasteiger partial charge in [0.2, 0.25) is 5.78 Å². The fourth-order valence-electron chi connectivity index (χ4n) is 4.26. The number of aromatic nitrogens is 1. The molecule has 0 bridgehead atoms. The summed E-state index contributed by atoms with van der Waals surface area (Å²) in [7, 11) is 0. The van der Waals surface area contributed by atoms with E-state index in [1.807, 2.05) is 6.92 Å². The molecule has 1 N–H and O–H groups in total. The average Bonchev–Trinajstić information content (AvgIpc) is 3.59. The highest BCUT2D eigenvalue weighted by Gasteiger charge is 2.46. The molecule has 0 saturated carbocycles. The van der Waals surface area contributed by atoms with Gasteiger partial charge in [-0.3, -0.25) is 14.5 Å². The van der Waals surface area contributed by atoms with Crippen LogP contribution < -0.4 is 14.4 Å². The third-order valence-electron chi connectivity index (χ3n) is 5.90. The van der Waals surface area contributed by atoms with E-state index in [4.69, 9.17) is 13.9 Å². The van der Waals surface area contributed by atoms with Crippen molar-refractivity contribution < 1.29 is 33.0 Å². The Hall–Kier alpha value is -4.44. The number of aliphatic hydroxyl groups is 1. The number of anilines is 1. The van der Waals surface area contributed by atoms with Crippen molar-refractivity contribution in [1.29, 1.82) is 0 Å². The first kappa shape index (κ1) is 25.2. The van der Waals surface area contributed by atoms with Gasteiger partial charge in [0, 0.05) is 0 Å². The lowest BCUT2D eigenvalue weighted by atomic mass is 9.95. The molecule has 5 rings (SSSR count). The second-order valence-electron chi connectivity index (χ2n) is 8.43. The van der Waals surface area contributed by atoms with E-state index in [1.165, 1.54) is 29.2 Å². The number of hydrogen-bond donors (Lipinski definition) is 1. The molecule has 0 fully saturated rings. The van der Waals surface area contributed by atoms with Crippen LogP contribution in [0.3, 0.4) is 0 Å². The summed E-state index contributed by atoms with van der Waals surface area (Å²) >= 11 is 1.07. The Morgan fingerprint density at radius 2 is 2.03 bits per heavy atom. The number of benzene rings is 2. The summed E-state index contributed by atoms with van der Waals surface area (Å²) in [5.74, 6) is -1.31. The second-order valence-corrected chi connectivity index (χ2v) is 9.44. The van der Waals surface area contributed by atoms with Crippen LogP contribution in [0.2, 0.25) is 0 Å². The van der Waals surface area contributed by atoms with Crippen LogP contribution in [-0.4, -0.2) is 35.0 Å². The molecular weight excluding hydrogens is 511 g/mol. The number of rotatable bonds is 9. The number of carbonyl (C=O) groups is 2. The molecule has 8 nitrogen and oxygen atoms in total. The lowest BCUT2D eigenvalue weighted by Crippen LogP contribution is -2.31. The van der Waals surface area contributed by atoms with Gasteiger partial charge in [0.15, 0.2) is 28.1 Å². The van der Waals surface area contributed by atoms with Crippen molar-refractivity contribution in [2.45, 2.75) is 19.9 Å². The first-order valence-corrected chi connectivity index (χ1v) is 12.6. The Labute approximate surface area is 221 Å². The van der Waals surface area contributed by atoms with Crippen LogP contribution in [-0.2, 0) is 4.79 Å². The number of ketones is 1. The van der Waals surface area contributed by atoms with Gasteiger partial charge in [-0.2, -0.15) is 0 Å². The molecule has 0 radical (unpaired) electrons. The number of nitrogens with zero attached hydrogens (tertiary/aromatic N) is 2. The van der Waals surface area contributed by atoms with E-state index in [2.05, 4.69) is 11.6 Å². The Morgan fingerprint density at radius 3 is 2.74 bits per heavy atom. The molecular formula is C28H23FN2O6S. The predicted octanol–water partition coefficient (Wildman–Crippen LogP) is 6.08. The molecule has 1 atom stereocenters. The van der Waals surface area contributed by atoms with Gasteiger partial charge in [-0.1, -0.05) is 30.1 Å². The summed E-state index contributed by atoms with van der Waals surface area (Å²) in [4.78, 5) is 32.8. The summed E-state index contributed by atoms with van der Waals surface area (Å²) in [6, 6.07) is 11.1. The fraction of sp³-hybridized carbons (Fsp3) is 0.179. The Balaban J connectivity index is 1.67. The van der Waals surface area contributed by atoms with Crippen molar-refractivity contribution >= 4 is 38.4 Å². The number of fused-ring (bicyclic) bond motifs is 1. The number of Topliss-reactive ketones (excluding diaryl/α,β-unsaturated/α-hetero) is 1. The van der Waals surface area contributed by atoms with E-state index in [0.717, 1.165) is 11.3 Å². The predicted molar refractivity (Wildman–Crippen MR) is 141 cm³/mol. The summed E-state index contributed by atoms with van der Waals surface area (Å²) < 4.78 is 31.4. The molecule has 10 heteroatoms. The number of aliphatic hydroxyl groups excluding tert-OH is 1. The smallest absolute Gasteiger partial charge is 0.296 e. The highest BCUT2D eigenvalue weighted by molar-refractivity contribution is 7.22. The summed E-state index contributed by atoms with van der Waals surface area (Å²) in [5, 5.41) is 11.2. The Bertz CT molecular complexity index is 1600. The lowest BCUT2D eigenvalue weighted by molar-refractivity contribution is -0.117. The highest BCUT2D eigenvalue weighted by Crippen LogP contribution is 2.46. The van der Waals surface area contributed by atoms with Crippen molar-refractivity contribution in [2.24, 2.45) is 0 Å². The maximum atomic E-state index is 13.9. The molecule has 4 aromatic rings. The van der Waals surface area contributed by atoms with E-state index in [-0.39, 0.29) is 23.1 Å². The van der Waals surface area contributed by atoms with Gasteiger partial charge in [-0.05, 0) is 61.9 Å². The van der Waals surface area contributed by atoms with Gasteiger partial charge >= 0.3 is 0 Å². The molecule has 2 aromatic heterocycles. The second kappa shape index (κ2) is 10.1. The van der Waals surface area contributed by atoms with Crippen LogP contribution in [0, 0.1) is 12.7 Å². The first-order valence-electron chi connectivity index (χ1n) is 11.8. The van der Waals surface area contributed by atoms with Gasteiger partial charge < -0.3 is 19.0 Å². The molecule has 1 amide bonds. The van der Waals surface area contributed by atoms with Gasteiger partial charge in [-0.25, -0.2) is 9.37 Å². The van der Waals surface area contributed by atoms with Crippen LogP contribution in [0.15, 0.2) is 76.9 Å². The molecule has 3 heterocycles. The molecule has 0 saturated heterocycles. The first-order chi connectivity index (χ1) is 18.3. The van der Waals surface area contributed by atoms with Crippen LogP contribution in [0.5, 0.6) is 11.5 Å². The minimum Gasteiger partial charge on any atom is -0.503 e. The summed E-state index contributed by atoms with van der Waals surface area (Å²) in [5.41, 5.74) is 0.771. The van der Waals surface area contributed by atoms with E-state index >= 15 is 0 Å². The Morgan fingerprint density at radius 1 is 1.21 bits per heavy atom. The summed E-state index contributed by atoms with van der Waals surface area (Å²) in [6.45, 7) is 7.74. The molecule has 194 valence electrons. The number of ether oxygens (including phenoxy) is 2. The summed E-state index contributed by atoms with van der Waals surface area (Å²) in [6.07, 6.45) is 1.60. The SMILES string of the molecule is C=CCOc1ccc(C2C(C(=O)c3ccc(C)o3)=C(O)C(=O)N2c2nc3ccc(F)cc3s2)cc1OCC. The number of aryl methyl sites for hydroxylation is 1. The average molecular weight is 535 g/mol. The van der Waals surface area contributed by atoms with Crippen molar-refractivity contribution in [1.82, 2.24) is 4.98 Å². The maximum absolute atomic E-state index is 13.9. The number of thiazole rings is 1. The van der Waals surface area contributed by atoms with E-state index in [1.54, 1.807) is 37.3 Å². The van der Waals surface area contributed by atoms with Crippen LogP contribution in [0.25, 0.3) is 10.2 Å². The number of furan rings is 1. The number of carbonyl (C=O) groups excluding carboxylic acids is 2. The highest BCUT2D eigenvalue weighted by atomic mass is 32.1. The van der Waals surface area contributed by atoms with Crippen molar-refractivity contribution in [3.8, 4) is 11.5 Å². The lowest BCUT2D eigenvalue weighted by Gasteiger charge is -2.25. The zero-order chi connectivity index (χ0) is 27.0. The maximum Gasteiger partial charge on any atom is 0.296 e. The van der Waals surface area contributed by atoms with Gasteiger partial charge in [-0.15, -0.1) is 0 Å². The monoisotopic (exact) mass is 534 g/mol. The molecule has 0 aliphatic carbocycles. The third-order valence-corrected chi connectivity index (χ3v) is 6.92. The quantitative estimate of drug-likeness (QED) is 0.205. The van der Waals surface area contributed by atoms with E-state index in [9.17, 15) is 19.1 Å².